The summed E-state index contributed by atoms with van der Waals surface area (Å²) in [4.78, 5) is 0. The molecule has 2 atom stereocenters. The maximum Gasteiger partial charge on any atom is 0.118 e. The normalized spacial score (nSPS) is 38.0. The van der Waals surface area contributed by atoms with Crippen LogP contribution in [0.5, 0.6) is 0 Å². The highest BCUT2D eigenvalue weighted by atomic mass is 16.5. The molecule has 1 aliphatic rings. The van der Waals surface area contributed by atoms with Crippen molar-refractivity contribution in [1.82, 2.24) is 5.32 Å². The summed E-state index contributed by atoms with van der Waals surface area (Å²) in [5, 5.41) is 11.9. The van der Waals surface area contributed by atoms with Gasteiger partial charge in [-0.1, -0.05) is 0 Å². The molecular weight excluding hydrogens is 120 g/mol. The van der Waals surface area contributed by atoms with E-state index in [-0.39, 0.29) is 6.23 Å². The highest BCUT2D eigenvalue weighted by Crippen LogP contribution is 1.91. The Hall–Kier alpha value is -0.160. The Bertz CT molecular complexity index is 79.0. The predicted molar refractivity (Wildman–Crippen MR) is 32.8 cm³/mol. The molecule has 0 bridgehead atoms. The average Bonchev–Trinajstić information content (AvgIpc) is 1.97. The molecule has 0 aromatic heterocycles. The van der Waals surface area contributed by atoms with Gasteiger partial charge in [-0.3, -0.25) is 0 Å². The molecule has 4 heteroatoms. The van der Waals surface area contributed by atoms with Crippen molar-refractivity contribution in [2.45, 2.75) is 12.3 Å². The predicted octanol–water partition coefficient (Wildman–Crippen LogP) is -1.75. The number of hydrogen-bond donors (Lipinski definition) is 3. The fourth-order valence-corrected chi connectivity index (χ4v) is 0.745. The summed E-state index contributed by atoms with van der Waals surface area (Å²) in [5.41, 5.74) is 5.40. The summed E-state index contributed by atoms with van der Waals surface area (Å²) in [5.74, 6) is 0. The third kappa shape index (κ3) is 2.28. The first kappa shape index (κ1) is 6.95. The van der Waals surface area contributed by atoms with E-state index in [4.69, 9.17) is 15.6 Å². The van der Waals surface area contributed by atoms with Crippen LogP contribution in [-0.2, 0) is 4.74 Å². The highest BCUT2D eigenvalue weighted by Gasteiger charge is 2.12. The van der Waals surface area contributed by atoms with Crippen molar-refractivity contribution in [3.05, 3.63) is 0 Å². The molecule has 54 valence electrons. The standard InChI is InChI=1S/C5H12N2O2/c6-5-2-7-1-4(8)3-9-5/h4-5,7-8H,1-3,6H2. The first-order chi connectivity index (χ1) is 4.29. The lowest BCUT2D eigenvalue weighted by Crippen LogP contribution is -2.33. The minimum Gasteiger partial charge on any atom is -0.389 e. The molecule has 0 spiro atoms. The Morgan fingerprint density at radius 1 is 1.56 bits per heavy atom. The van der Waals surface area contributed by atoms with E-state index in [0.717, 1.165) is 0 Å². The second-order valence-electron chi connectivity index (χ2n) is 2.18. The van der Waals surface area contributed by atoms with Crippen LogP contribution in [0, 0.1) is 0 Å². The van der Waals surface area contributed by atoms with E-state index >= 15 is 0 Å². The van der Waals surface area contributed by atoms with Gasteiger partial charge in [0.1, 0.15) is 6.23 Å². The van der Waals surface area contributed by atoms with Gasteiger partial charge in [0, 0.05) is 13.1 Å². The van der Waals surface area contributed by atoms with Gasteiger partial charge in [0.25, 0.3) is 0 Å². The van der Waals surface area contributed by atoms with Crippen molar-refractivity contribution in [2.75, 3.05) is 19.7 Å². The summed E-state index contributed by atoms with van der Waals surface area (Å²) in [6, 6.07) is 0. The zero-order chi connectivity index (χ0) is 6.69. The largest absolute Gasteiger partial charge is 0.389 e. The van der Waals surface area contributed by atoms with Crippen LogP contribution in [0.2, 0.25) is 0 Å². The van der Waals surface area contributed by atoms with Gasteiger partial charge >= 0.3 is 0 Å². The van der Waals surface area contributed by atoms with Crippen LogP contribution in [0.15, 0.2) is 0 Å². The van der Waals surface area contributed by atoms with Gasteiger partial charge in [0.15, 0.2) is 0 Å². The Morgan fingerprint density at radius 3 is 3.11 bits per heavy atom. The van der Waals surface area contributed by atoms with Crippen LogP contribution in [0.3, 0.4) is 0 Å². The lowest BCUT2D eigenvalue weighted by Gasteiger charge is -2.07. The first-order valence-electron chi connectivity index (χ1n) is 3.05. The van der Waals surface area contributed by atoms with Gasteiger partial charge in [-0.2, -0.15) is 0 Å². The molecule has 0 saturated carbocycles. The smallest absolute Gasteiger partial charge is 0.118 e. The Morgan fingerprint density at radius 2 is 2.33 bits per heavy atom. The van der Waals surface area contributed by atoms with Crippen molar-refractivity contribution in [3.63, 3.8) is 0 Å². The highest BCUT2D eigenvalue weighted by molar-refractivity contribution is 4.65. The van der Waals surface area contributed by atoms with E-state index in [9.17, 15) is 0 Å². The van der Waals surface area contributed by atoms with E-state index in [2.05, 4.69) is 5.32 Å². The average molecular weight is 132 g/mol. The fraction of sp³-hybridized carbons (Fsp3) is 1.00. The van der Waals surface area contributed by atoms with Crippen molar-refractivity contribution >= 4 is 0 Å². The second kappa shape index (κ2) is 3.12. The van der Waals surface area contributed by atoms with Crippen LogP contribution in [0.4, 0.5) is 0 Å². The van der Waals surface area contributed by atoms with Crippen LogP contribution in [-0.4, -0.2) is 37.1 Å². The minimum absolute atomic E-state index is 0.262. The molecule has 1 saturated heterocycles. The lowest BCUT2D eigenvalue weighted by molar-refractivity contribution is 0.0165. The molecule has 0 radical (unpaired) electrons. The van der Waals surface area contributed by atoms with Gasteiger partial charge in [-0.15, -0.1) is 0 Å². The number of ether oxygens (including phenoxy) is 1. The second-order valence-corrected chi connectivity index (χ2v) is 2.18. The van der Waals surface area contributed by atoms with E-state index in [1.54, 1.807) is 0 Å². The Kier molecular flexibility index (Phi) is 2.41. The number of aliphatic hydroxyl groups is 1. The molecule has 0 aliphatic carbocycles. The maximum absolute atomic E-state index is 8.96. The number of rotatable bonds is 0. The molecule has 4 nitrogen and oxygen atoms in total. The fourth-order valence-electron chi connectivity index (χ4n) is 0.745. The molecule has 0 aromatic carbocycles. The maximum atomic E-state index is 8.96. The van der Waals surface area contributed by atoms with Crippen LogP contribution in [0.25, 0.3) is 0 Å². The van der Waals surface area contributed by atoms with Crippen LogP contribution < -0.4 is 11.1 Å². The van der Waals surface area contributed by atoms with E-state index in [0.29, 0.717) is 19.7 Å². The SMILES string of the molecule is NC1CNCC(O)CO1. The number of hydrogen-bond acceptors (Lipinski definition) is 4. The zero-order valence-corrected chi connectivity index (χ0v) is 5.21. The van der Waals surface area contributed by atoms with Crippen LogP contribution in [0.1, 0.15) is 0 Å². The molecule has 1 rings (SSSR count). The minimum atomic E-state index is -0.404. The van der Waals surface area contributed by atoms with Gasteiger partial charge in [0.2, 0.25) is 0 Å². The van der Waals surface area contributed by atoms with E-state index in [1.807, 2.05) is 0 Å². The first-order valence-corrected chi connectivity index (χ1v) is 3.05. The molecule has 1 heterocycles. The van der Waals surface area contributed by atoms with Gasteiger partial charge < -0.3 is 20.9 Å². The molecule has 1 aliphatic heterocycles. The molecule has 4 N–H and O–H groups in total. The number of aliphatic hydroxyl groups excluding tert-OH is 1. The van der Waals surface area contributed by atoms with Crippen molar-refractivity contribution in [1.29, 1.82) is 0 Å². The Balaban J connectivity index is 2.25. The zero-order valence-electron chi connectivity index (χ0n) is 5.21. The molecule has 9 heavy (non-hydrogen) atoms. The third-order valence-electron chi connectivity index (χ3n) is 1.23. The molecular formula is C5H12N2O2. The van der Waals surface area contributed by atoms with Crippen molar-refractivity contribution < 1.29 is 9.84 Å². The van der Waals surface area contributed by atoms with Gasteiger partial charge in [-0.05, 0) is 0 Å². The summed E-state index contributed by atoms with van der Waals surface area (Å²) in [6.45, 7) is 1.54. The topological polar surface area (TPSA) is 67.5 Å². The Labute approximate surface area is 54.0 Å². The van der Waals surface area contributed by atoms with E-state index < -0.39 is 6.10 Å². The lowest BCUT2D eigenvalue weighted by atomic mass is 10.4. The summed E-state index contributed by atoms with van der Waals surface area (Å²) in [6.07, 6.45) is -0.666. The summed E-state index contributed by atoms with van der Waals surface area (Å²) < 4.78 is 4.98. The molecule has 1 fully saturated rings. The van der Waals surface area contributed by atoms with Crippen LogP contribution >= 0.6 is 0 Å². The molecule has 0 aromatic rings. The van der Waals surface area contributed by atoms with E-state index in [1.165, 1.54) is 0 Å². The van der Waals surface area contributed by atoms with Gasteiger partial charge in [0.05, 0.1) is 12.7 Å². The number of nitrogens with two attached hydrogens (primary N) is 1. The number of nitrogens with one attached hydrogen (secondary N) is 1. The number of β-amino-alcohol motifs (C(OH)–C–C–N with tert-alkyl or cyclic N) is 1. The van der Waals surface area contributed by atoms with Gasteiger partial charge in [-0.25, -0.2) is 0 Å². The van der Waals surface area contributed by atoms with Crippen molar-refractivity contribution in [3.8, 4) is 0 Å². The molecule has 0 amide bonds. The van der Waals surface area contributed by atoms with Crippen molar-refractivity contribution in [2.24, 2.45) is 5.73 Å². The third-order valence-corrected chi connectivity index (χ3v) is 1.23. The molecule has 2 unspecified atom stereocenters. The monoisotopic (exact) mass is 132 g/mol. The quantitative estimate of drug-likeness (QED) is 0.366. The summed E-state index contributed by atoms with van der Waals surface area (Å²) >= 11 is 0. The summed E-state index contributed by atoms with van der Waals surface area (Å²) in [7, 11) is 0.